The van der Waals surface area contributed by atoms with Crippen LogP contribution in [0, 0.1) is 43.1 Å². The van der Waals surface area contributed by atoms with E-state index in [1.807, 2.05) is 26.1 Å². The first-order chi connectivity index (χ1) is 7.24. The first-order valence-corrected chi connectivity index (χ1v) is 4.36. The lowest BCUT2D eigenvalue weighted by Gasteiger charge is -2.09. The zero-order chi connectivity index (χ0) is 11.1. The minimum absolute atomic E-state index is 0. The molecule has 0 fully saturated rings. The van der Waals surface area contributed by atoms with Crippen molar-refractivity contribution < 1.29 is 11.4 Å². The van der Waals surface area contributed by atoms with Gasteiger partial charge in [0, 0.05) is 42.0 Å². The summed E-state index contributed by atoms with van der Waals surface area (Å²) in [5.41, 5.74) is 1.91. The van der Waals surface area contributed by atoms with Crippen LogP contribution in [0.2, 0.25) is 0 Å². The Kier molecular flexibility index (Phi) is 3.84. The zero-order valence-electron chi connectivity index (χ0n) is 8.70. The normalized spacial score (nSPS) is 7.53. The van der Waals surface area contributed by atoms with Gasteiger partial charge in [-0.25, -0.2) is 0 Å². The van der Waals surface area contributed by atoms with Gasteiger partial charge in [0.05, 0.1) is 11.9 Å². The van der Waals surface area contributed by atoms with Crippen LogP contribution in [0.1, 0.15) is 17.1 Å². The third kappa shape index (κ3) is 3.47. The molecule has 2 nitrogen and oxygen atoms in total. The Bertz CT molecular complexity index is 505. The maximum absolute atomic E-state index is 4.96. The molecule has 88 valence electrons. The van der Waals surface area contributed by atoms with Gasteiger partial charge in [0.25, 0.3) is 0 Å². The van der Waals surface area contributed by atoms with Crippen LogP contribution >= 0.6 is 0 Å². The Balaban J connectivity index is -0.0000000469. The summed E-state index contributed by atoms with van der Waals surface area (Å²) in [6.45, 7) is 1.94. The fourth-order valence-electron chi connectivity index (χ4n) is 0.902. The lowest BCUT2D eigenvalue weighted by molar-refractivity contribution is 1.15. The number of hydrogen-bond acceptors (Lipinski definition) is 2. The highest BCUT2D eigenvalue weighted by Crippen LogP contribution is 2.09. The molecule has 0 bridgehead atoms. The second kappa shape index (κ2) is 5.38. The van der Waals surface area contributed by atoms with Gasteiger partial charge < -0.3 is 4.90 Å². The van der Waals surface area contributed by atoms with Gasteiger partial charge in [0.2, 0.25) is 0 Å². The molecule has 0 N–H and O–H groups in total. The maximum Gasteiger partial charge on any atom is 0.0669 e. The van der Waals surface area contributed by atoms with Crippen molar-refractivity contribution in [3.8, 4) is 36.1 Å². The van der Waals surface area contributed by atoms with E-state index >= 15 is 0 Å². The van der Waals surface area contributed by atoms with Crippen LogP contribution in [0.5, 0.6) is 0 Å². The van der Waals surface area contributed by atoms with Gasteiger partial charge in [-0.3, -0.25) is 4.98 Å². The van der Waals surface area contributed by atoms with Crippen LogP contribution in [-0.2, 0) is 0 Å². The van der Waals surface area contributed by atoms with Crippen molar-refractivity contribution >= 4 is 5.69 Å². The third-order valence-corrected chi connectivity index (χ3v) is 1.70. The van der Waals surface area contributed by atoms with Crippen molar-refractivity contribution in [1.82, 2.24) is 4.98 Å². The monoisotopic (exact) mass is 210 g/mol. The smallest absolute Gasteiger partial charge is 0.0669 e. The van der Waals surface area contributed by atoms with Gasteiger partial charge in [0.1, 0.15) is 0 Å². The van der Waals surface area contributed by atoms with Crippen molar-refractivity contribution in [3.63, 3.8) is 0 Å². The van der Waals surface area contributed by atoms with Crippen molar-refractivity contribution in [2.45, 2.75) is 6.92 Å². The molecule has 0 atom stereocenters. The Morgan fingerprint density at radius 2 is 2.13 bits per heavy atom. The van der Waals surface area contributed by atoms with E-state index in [1.165, 1.54) is 0 Å². The topological polar surface area (TPSA) is 16.1 Å². The Morgan fingerprint density at radius 1 is 1.33 bits per heavy atom. The number of aromatic nitrogens is 1. The van der Waals surface area contributed by atoms with Gasteiger partial charge in [0.15, 0.2) is 0 Å². The zero-order valence-corrected chi connectivity index (χ0v) is 8.70. The molecule has 1 aromatic rings. The van der Waals surface area contributed by atoms with E-state index in [0.29, 0.717) is 0 Å². The van der Waals surface area contributed by atoms with Crippen molar-refractivity contribution in [3.05, 3.63) is 24.0 Å². The molecule has 0 saturated carbocycles. The molecule has 0 amide bonds. The highest BCUT2D eigenvalue weighted by molar-refractivity contribution is 5.50. The Labute approximate surface area is 102 Å². The van der Waals surface area contributed by atoms with E-state index in [1.54, 1.807) is 11.1 Å². The molecule has 1 aromatic heterocycles. The predicted molar refractivity (Wildman–Crippen MR) is 78.7 cm³/mol. The molecule has 1 heterocycles. The summed E-state index contributed by atoms with van der Waals surface area (Å²) in [5, 5.41) is 0. The number of terminal acetylenes is 1. The SMILES string of the molecule is C#CC#CC#CN(C)c1ccc(C)nc1.[HH].[HH].[HH].[HH].[HH].[HH].[HH].[HH]. The molecule has 0 radical (unpaired) electrons. The molecule has 0 aromatic carbocycles. The summed E-state index contributed by atoms with van der Waals surface area (Å²) in [6.07, 6.45) is 6.72. The lowest BCUT2D eigenvalue weighted by atomic mass is 10.3. The molecule has 1 rings (SSSR count). The molecule has 2 heteroatoms. The van der Waals surface area contributed by atoms with Crippen LogP contribution in [0.4, 0.5) is 5.69 Å². The van der Waals surface area contributed by atoms with E-state index in [4.69, 9.17) is 6.42 Å². The van der Waals surface area contributed by atoms with E-state index < -0.39 is 0 Å². The number of hydrogen-bond donors (Lipinski definition) is 0. The molecule has 0 unspecified atom stereocenters. The lowest BCUT2D eigenvalue weighted by Crippen LogP contribution is -2.08. The van der Waals surface area contributed by atoms with Gasteiger partial charge in [-0.2, -0.15) is 0 Å². The van der Waals surface area contributed by atoms with Crippen LogP contribution in [0.15, 0.2) is 18.3 Å². The summed E-state index contributed by atoms with van der Waals surface area (Å²) in [7, 11) is 1.84. The summed E-state index contributed by atoms with van der Waals surface area (Å²) < 4.78 is 0. The number of anilines is 1. The summed E-state index contributed by atoms with van der Waals surface area (Å²) >= 11 is 0. The minimum atomic E-state index is 0. The predicted octanol–water partition coefficient (Wildman–Crippen LogP) is 3.39. The quantitative estimate of drug-likeness (QED) is 0.522. The maximum atomic E-state index is 4.96. The summed E-state index contributed by atoms with van der Waals surface area (Å²) in [5.74, 6) is 9.80. The molecule has 0 aliphatic rings. The van der Waals surface area contributed by atoms with E-state index in [-0.39, 0.29) is 11.4 Å². The Hall–Kier alpha value is -2.37. The molecular weight excluding hydrogens is 184 g/mol. The van der Waals surface area contributed by atoms with Crippen molar-refractivity contribution in [2.75, 3.05) is 11.9 Å². The molecule has 0 aliphatic heterocycles. The van der Waals surface area contributed by atoms with Crippen LogP contribution in [0.25, 0.3) is 0 Å². The number of nitrogens with zero attached hydrogens (tertiary/aromatic N) is 2. The second-order valence-corrected chi connectivity index (χ2v) is 2.85. The van der Waals surface area contributed by atoms with Crippen LogP contribution < -0.4 is 4.90 Å². The molecule has 0 saturated heterocycles. The van der Waals surface area contributed by atoms with Crippen molar-refractivity contribution in [1.29, 1.82) is 0 Å². The summed E-state index contributed by atoms with van der Waals surface area (Å²) in [4.78, 5) is 5.91. The summed E-state index contributed by atoms with van der Waals surface area (Å²) in [6, 6.07) is 6.71. The Morgan fingerprint density at radius 3 is 2.73 bits per heavy atom. The van der Waals surface area contributed by atoms with E-state index in [9.17, 15) is 0 Å². The van der Waals surface area contributed by atoms with Gasteiger partial charge >= 0.3 is 0 Å². The van der Waals surface area contributed by atoms with Crippen LogP contribution in [0.3, 0.4) is 0 Å². The molecule has 0 spiro atoms. The molecule has 15 heavy (non-hydrogen) atoms. The number of rotatable bonds is 1. The fraction of sp³-hybridized carbons (Fsp3) is 0.154. The average molecular weight is 210 g/mol. The van der Waals surface area contributed by atoms with Gasteiger partial charge in [-0.1, -0.05) is 0 Å². The second-order valence-electron chi connectivity index (χ2n) is 2.85. The first kappa shape index (κ1) is 10.7. The third-order valence-electron chi connectivity index (χ3n) is 1.70. The standard InChI is InChI=1S/C13H10N2.8H2/c1-4-5-6-7-10-15(3)13-9-8-12(2)14-11-13;;;;;;;;/h1,8-9,11H,2-3H3;8*1H. The number of pyridine rings is 1. The highest BCUT2D eigenvalue weighted by atomic mass is 15.1. The van der Waals surface area contributed by atoms with Crippen LogP contribution in [-0.4, -0.2) is 12.0 Å². The highest BCUT2D eigenvalue weighted by Gasteiger charge is 1.95. The van der Waals surface area contributed by atoms with Crippen molar-refractivity contribution in [2.24, 2.45) is 0 Å². The molecule has 0 aliphatic carbocycles. The largest absolute Gasteiger partial charge is 0.302 e. The van der Waals surface area contributed by atoms with Gasteiger partial charge in [-0.15, -0.1) is 6.42 Å². The molecular formula is C13H26N2. The fourth-order valence-corrected chi connectivity index (χ4v) is 0.902. The first-order valence-electron chi connectivity index (χ1n) is 4.36. The minimum Gasteiger partial charge on any atom is -0.302 e. The van der Waals surface area contributed by atoms with E-state index in [2.05, 4.69) is 34.7 Å². The number of aryl methyl sites for hydroxylation is 1. The van der Waals surface area contributed by atoms with Gasteiger partial charge in [-0.05, 0) is 30.9 Å². The van der Waals surface area contributed by atoms with E-state index in [0.717, 1.165) is 11.4 Å². The average Bonchev–Trinajstić information content (AvgIpc) is 2.25.